The number of carbonyl (C=O) groups is 3. The molecule has 1 aromatic rings. The van der Waals surface area contributed by atoms with Crippen molar-refractivity contribution in [3.63, 3.8) is 0 Å². The number of methoxy groups -OCH3 is 1. The second-order valence-electron chi connectivity index (χ2n) is 4.60. The van der Waals surface area contributed by atoms with E-state index in [-0.39, 0.29) is 19.8 Å². The lowest BCUT2D eigenvalue weighted by molar-refractivity contribution is -0.156. The van der Waals surface area contributed by atoms with Gasteiger partial charge < -0.3 is 18.9 Å². The lowest BCUT2D eigenvalue weighted by Crippen LogP contribution is -2.26. The fourth-order valence-corrected chi connectivity index (χ4v) is 1.87. The van der Waals surface area contributed by atoms with E-state index in [0.29, 0.717) is 11.1 Å². The van der Waals surface area contributed by atoms with Crippen LogP contribution >= 0.6 is 0 Å². The molecule has 134 valence electrons. The molecule has 0 aliphatic heterocycles. The monoisotopic (exact) mass is 348 g/mol. The summed E-state index contributed by atoms with van der Waals surface area (Å²) in [6.07, 6.45) is -0.809. The van der Waals surface area contributed by atoms with Crippen LogP contribution in [-0.4, -0.2) is 45.0 Å². The van der Waals surface area contributed by atoms with Crippen molar-refractivity contribution in [2.24, 2.45) is 0 Å². The first-order chi connectivity index (χ1) is 12.0. The Morgan fingerprint density at radius 1 is 0.960 bits per heavy atom. The zero-order valence-electron chi connectivity index (χ0n) is 14.4. The number of hydrogen-bond donors (Lipinski definition) is 0. The van der Waals surface area contributed by atoms with E-state index >= 15 is 0 Å². The lowest BCUT2D eigenvalue weighted by atomic mass is 9.98. The Kier molecular flexibility index (Phi) is 8.58. The minimum Gasteiger partial charge on any atom is -0.465 e. The molecule has 0 aliphatic rings. The first kappa shape index (κ1) is 20.0. The van der Waals surface area contributed by atoms with Gasteiger partial charge in [0.25, 0.3) is 0 Å². The Hall–Kier alpha value is -3.01. The van der Waals surface area contributed by atoms with Crippen LogP contribution in [-0.2, 0) is 28.5 Å². The molecule has 7 heteroatoms. The van der Waals surface area contributed by atoms with Gasteiger partial charge >= 0.3 is 18.1 Å². The summed E-state index contributed by atoms with van der Waals surface area (Å²) in [5.41, 5.74) is 1.08. The third-order valence-corrected chi connectivity index (χ3v) is 2.95. The SMILES string of the molecule is CCOC(=O)C(C(=O)OCC)c1ccc(C#CCOC(=O)OC)cc1. The van der Waals surface area contributed by atoms with E-state index in [1.54, 1.807) is 38.1 Å². The minimum absolute atomic E-state index is 0.108. The molecule has 0 atom stereocenters. The van der Waals surface area contributed by atoms with Crippen LogP contribution in [0.2, 0.25) is 0 Å². The van der Waals surface area contributed by atoms with Gasteiger partial charge in [-0.1, -0.05) is 24.0 Å². The maximum Gasteiger partial charge on any atom is 0.508 e. The van der Waals surface area contributed by atoms with Crippen LogP contribution < -0.4 is 0 Å². The van der Waals surface area contributed by atoms with Crippen molar-refractivity contribution in [1.29, 1.82) is 0 Å². The van der Waals surface area contributed by atoms with Gasteiger partial charge in [0.1, 0.15) is 0 Å². The maximum absolute atomic E-state index is 12.0. The summed E-state index contributed by atoms with van der Waals surface area (Å²) < 4.78 is 18.8. The molecule has 0 aromatic heterocycles. The Balaban J connectivity index is 2.86. The smallest absolute Gasteiger partial charge is 0.465 e. The second kappa shape index (κ2) is 10.7. The van der Waals surface area contributed by atoms with Crippen LogP contribution in [0.3, 0.4) is 0 Å². The standard InChI is InChI=1S/C18H20O7/c1-4-23-16(19)15(17(20)24-5-2)14-10-8-13(9-11-14)7-6-12-25-18(21)22-3/h8-11,15H,4-5,12H2,1-3H3. The van der Waals surface area contributed by atoms with Crippen LogP contribution in [0.15, 0.2) is 24.3 Å². The van der Waals surface area contributed by atoms with Crippen molar-refractivity contribution >= 4 is 18.1 Å². The molecule has 0 spiro atoms. The Morgan fingerprint density at radius 2 is 1.52 bits per heavy atom. The van der Waals surface area contributed by atoms with Crippen molar-refractivity contribution in [2.75, 3.05) is 26.9 Å². The average molecular weight is 348 g/mol. The predicted molar refractivity (Wildman–Crippen MR) is 87.7 cm³/mol. The van der Waals surface area contributed by atoms with Crippen molar-refractivity contribution in [2.45, 2.75) is 19.8 Å². The van der Waals surface area contributed by atoms with Gasteiger partial charge in [-0.15, -0.1) is 0 Å². The van der Waals surface area contributed by atoms with Gasteiger partial charge in [-0.2, -0.15) is 0 Å². The van der Waals surface area contributed by atoms with Crippen molar-refractivity contribution < 1.29 is 33.3 Å². The second-order valence-corrected chi connectivity index (χ2v) is 4.60. The van der Waals surface area contributed by atoms with Gasteiger partial charge in [0.2, 0.25) is 0 Å². The number of hydrogen-bond acceptors (Lipinski definition) is 7. The molecule has 1 aromatic carbocycles. The molecule has 0 radical (unpaired) electrons. The molecule has 0 bridgehead atoms. The van der Waals surface area contributed by atoms with Crippen LogP contribution in [0, 0.1) is 11.8 Å². The van der Waals surface area contributed by atoms with E-state index in [4.69, 9.17) is 9.47 Å². The summed E-state index contributed by atoms with van der Waals surface area (Å²) in [5.74, 6) is 2.97. The van der Waals surface area contributed by atoms with Crippen LogP contribution in [0.5, 0.6) is 0 Å². The molecular formula is C18H20O7. The largest absolute Gasteiger partial charge is 0.508 e. The highest BCUT2D eigenvalue weighted by atomic mass is 16.7. The van der Waals surface area contributed by atoms with E-state index in [1.165, 1.54) is 7.11 Å². The minimum atomic E-state index is -1.13. The molecule has 0 aliphatic carbocycles. The summed E-state index contributed by atoms with van der Waals surface area (Å²) in [5, 5.41) is 0. The summed E-state index contributed by atoms with van der Waals surface area (Å²) in [6, 6.07) is 6.49. The number of ether oxygens (including phenoxy) is 4. The van der Waals surface area contributed by atoms with Crippen molar-refractivity contribution in [1.82, 2.24) is 0 Å². The summed E-state index contributed by atoms with van der Waals surface area (Å²) >= 11 is 0. The van der Waals surface area contributed by atoms with E-state index in [1.807, 2.05) is 0 Å². The fraction of sp³-hybridized carbons (Fsp3) is 0.389. The molecule has 0 fully saturated rings. The van der Waals surface area contributed by atoms with Gasteiger partial charge in [-0.3, -0.25) is 9.59 Å². The number of carbonyl (C=O) groups excluding carboxylic acids is 3. The van der Waals surface area contributed by atoms with Gasteiger partial charge in [0.05, 0.1) is 20.3 Å². The van der Waals surface area contributed by atoms with Gasteiger partial charge in [0.15, 0.2) is 12.5 Å². The normalized spacial score (nSPS) is 9.60. The zero-order valence-corrected chi connectivity index (χ0v) is 14.4. The molecular weight excluding hydrogens is 328 g/mol. The van der Waals surface area contributed by atoms with Gasteiger partial charge in [-0.05, 0) is 31.5 Å². The summed E-state index contributed by atoms with van der Waals surface area (Å²) in [7, 11) is 1.21. The Bertz CT molecular complexity index is 634. The lowest BCUT2D eigenvalue weighted by Gasteiger charge is -2.14. The summed E-state index contributed by atoms with van der Waals surface area (Å²) in [4.78, 5) is 34.9. The molecule has 7 nitrogen and oxygen atoms in total. The van der Waals surface area contributed by atoms with E-state index in [0.717, 1.165) is 0 Å². The van der Waals surface area contributed by atoms with E-state index < -0.39 is 24.0 Å². The first-order valence-corrected chi connectivity index (χ1v) is 7.66. The molecule has 0 amide bonds. The number of esters is 2. The van der Waals surface area contributed by atoms with Crippen molar-refractivity contribution in [3.05, 3.63) is 35.4 Å². The fourth-order valence-electron chi connectivity index (χ4n) is 1.87. The molecule has 0 saturated carbocycles. The average Bonchev–Trinajstić information content (AvgIpc) is 2.60. The highest BCUT2D eigenvalue weighted by Gasteiger charge is 2.31. The van der Waals surface area contributed by atoms with Crippen LogP contribution in [0.1, 0.15) is 30.9 Å². The summed E-state index contributed by atoms with van der Waals surface area (Å²) in [6.45, 7) is 3.55. The third-order valence-electron chi connectivity index (χ3n) is 2.95. The highest BCUT2D eigenvalue weighted by Crippen LogP contribution is 2.20. The molecule has 0 N–H and O–H groups in total. The van der Waals surface area contributed by atoms with Gasteiger partial charge in [0, 0.05) is 5.56 Å². The topological polar surface area (TPSA) is 88.1 Å². The molecule has 1 rings (SSSR count). The molecule has 0 unspecified atom stereocenters. The molecule has 25 heavy (non-hydrogen) atoms. The van der Waals surface area contributed by atoms with Crippen molar-refractivity contribution in [3.8, 4) is 11.8 Å². The number of rotatable bonds is 6. The van der Waals surface area contributed by atoms with Gasteiger partial charge in [-0.25, -0.2) is 4.79 Å². The van der Waals surface area contributed by atoms with E-state index in [9.17, 15) is 14.4 Å². The third kappa shape index (κ3) is 6.55. The zero-order chi connectivity index (χ0) is 18.7. The Morgan fingerprint density at radius 3 is 2.00 bits per heavy atom. The predicted octanol–water partition coefficient (Wildman–Crippen LogP) is 2.03. The maximum atomic E-state index is 12.0. The van der Waals surface area contributed by atoms with Crippen LogP contribution in [0.4, 0.5) is 4.79 Å². The number of benzene rings is 1. The van der Waals surface area contributed by atoms with E-state index in [2.05, 4.69) is 21.3 Å². The highest BCUT2D eigenvalue weighted by molar-refractivity contribution is 6.00. The molecule has 0 saturated heterocycles. The van der Waals surface area contributed by atoms with Crippen LogP contribution in [0.25, 0.3) is 0 Å². The first-order valence-electron chi connectivity index (χ1n) is 7.66. The Labute approximate surface area is 146 Å². The molecule has 0 heterocycles. The quantitative estimate of drug-likeness (QED) is 0.336.